The maximum absolute atomic E-state index is 13.5. The molecular formula is C33H48NO7P. The summed E-state index contributed by atoms with van der Waals surface area (Å²) in [6, 6.07) is 23.1. The first kappa shape index (κ1) is 35.3. The van der Waals surface area contributed by atoms with Crippen LogP contribution < -0.4 is 14.8 Å². The summed E-state index contributed by atoms with van der Waals surface area (Å²) in [5.74, 6) is 1.41. The Kier molecular flexibility index (Phi) is 17.6. The summed E-state index contributed by atoms with van der Waals surface area (Å²) in [6.45, 7) is 4.59. The Morgan fingerprint density at radius 3 is 2.21 bits per heavy atom. The van der Waals surface area contributed by atoms with Gasteiger partial charge in [-0.15, -0.1) is 0 Å². The molecule has 0 aromatic heterocycles. The van der Waals surface area contributed by atoms with Gasteiger partial charge in [-0.05, 0) is 86.7 Å². The molecule has 0 spiro atoms. The van der Waals surface area contributed by atoms with Gasteiger partial charge in [0.25, 0.3) is 0 Å². The van der Waals surface area contributed by atoms with Crippen LogP contribution in [0.25, 0.3) is 0 Å². The lowest BCUT2D eigenvalue weighted by Crippen LogP contribution is -2.20. The fourth-order valence-corrected chi connectivity index (χ4v) is 5.94. The van der Waals surface area contributed by atoms with Crippen LogP contribution in [0.4, 0.5) is 0 Å². The Morgan fingerprint density at radius 2 is 1.50 bits per heavy atom. The predicted octanol–water partition coefficient (Wildman–Crippen LogP) is 6.16. The van der Waals surface area contributed by atoms with Crippen LogP contribution in [-0.4, -0.2) is 61.2 Å². The minimum atomic E-state index is -2.89. The highest BCUT2D eigenvalue weighted by Gasteiger charge is 2.24. The number of hydrogen-bond acceptors (Lipinski definition) is 8. The number of aliphatic hydroxyl groups is 2. The van der Waals surface area contributed by atoms with Crippen molar-refractivity contribution in [3.63, 3.8) is 0 Å². The van der Waals surface area contributed by atoms with Crippen LogP contribution >= 0.6 is 7.37 Å². The second-order valence-corrected chi connectivity index (χ2v) is 12.5. The van der Waals surface area contributed by atoms with E-state index in [1.165, 1.54) is 17.2 Å². The van der Waals surface area contributed by atoms with Crippen molar-refractivity contribution in [1.82, 2.24) is 5.32 Å². The maximum atomic E-state index is 13.5. The highest BCUT2D eigenvalue weighted by atomic mass is 31.2. The molecule has 0 fully saturated rings. The van der Waals surface area contributed by atoms with Crippen LogP contribution in [-0.2, 0) is 28.5 Å². The maximum Gasteiger partial charge on any atom is 0.239 e. The molecule has 0 aliphatic heterocycles. The second kappa shape index (κ2) is 20.9. The average Bonchev–Trinajstić information content (AvgIpc) is 3.02. The van der Waals surface area contributed by atoms with Crippen LogP contribution in [0.15, 0.2) is 72.8 Å². The number of benzene rings is 3. The largest absolute Gasteiger partial charge is 0.508 e. The van der Waals surface area contributed by atoms with Gasteiger partial charge in [0.1, 0.15) is 17.2 Å². The molecule has 0 aliphatic carbocycles. The second-order valence-electron chi connectivity index (χ2n) is 9.88. The van der Waals surface area contributed by atoms with E-state index in [4.69, 9.17) is 19.1 Å². The summed E-state index contributed by atoms with van der Waals surface area (Å²) in [7, 11) is -1.89. The Hall–Kier alpha value is -2.87. The van der Waals surface area contributed by atoms with Gasteiger partial charge in [-0.3, -0.25) is 4.57 Å². The first-order valence-electron chi connectivity index (χ1n) is 14.7. The third-order valence-electron chi connectivity index (χ3n) is 6.56. The van der Waals surface area contributed by atoms with Crippen molar-refractivity contribution in [1.29, 1.82) is 0 Å². The summed E-state index contributed by atoms with van der Waals surface area (Å²) < 4.78 is 31.0. The smallest absolute Gasteiger partial charge is 0.239 e. The first-order valence-corrected chi connectivity index (χ1v) is 16.7. The third-order valence-corrected chi connectivity index (χ3v) is 8.73. The first-order chi connectivity index (χ1) is 20.5. The van der Waals surface area contributed by atoms with E-state index in [0.29, 0.717) is 36.4 Å². The van der Waals surface area contributed by atoms with Crippen molar-refractivity contribution in [2.24, 2.45) is 0 Å². The monoisotopic (exact) mass is 601 g/mol. The van der Waals surface area contributed by atoms with Gasteiger partial charge in [0, 0.05) is 18.8 Å². The van der Waals surface area contributed by atoms with Crippen molar-refractivity contribution in [3.05, 3.63) is 89.5 Å². The molecule has 3 rings (SSSR count). The molecule has 232 valence electrons. The van der Waals surface area contributed by atoms with Gasteiger partial charge in [-0.25, -0.2) is 0 Å². The van der Waals surface area contributed by atoms with Crippen LogP contribution in [0.5, 0.6) is 17.2 Å². The molecule has 42 heavy (non-hydrogen) atoms. The summed E-state index contributed by atoms with van der Waals surface area (Å²) >= 11 is 0. The predicted molar refractivity (Wildman–Crippen MR) is 169 cm³/mol. The molecule has 1 unspecified atom stereocenters. The zero-order valence-corrected chi connectivity index (χ0v) is 25.9. The van der Waals surface area contributed by atoms with E-state index in [9.17, 15) is 14.8 Å². The molecule has 0 heterocycles. The Balaban J connectivity index is 0.00000301. The van der Waals surface area contributed by atoms with Crippen LogP contribution in [0.1, 0.15) is 49.3 Å². The van der Waals surface area contributed by atoms with Gasteiger partial charge in [0.2, 0.25) is 7.37 Å². The normalized spacial score (nSPS) is 12.2. The quantitative estimate of drug-likeness (QED) is 0.0899. The van der Waals surface area contributed by atoms with E-state index in [0.717, 1.165) is 58.7 Å². The number of aliphatic hydroxyl groups excluding tert-OH is 2. The molecule has 8 nitrogen and oxygen atoms in total. The van der Waals surface area contributed by atoms with Gasteiger partial charge >= 0.3 is 0 Å². The van der Waals surface area contributed by atoms with Crippen molar-refractivity contribution < 1.29 is 33.9 Å². The van der Waals surface area contributed by atoms with E-state index in [1.54, 1.807) is 12.1 Å². The summed E-state index contributed by atoms with van der Waals surface area (Å²) in [5.41, 5.74) is 2.90. The molecule has 0 bridgehead atoms. The summed E-state index contributed by atoms with van der Waals surface area (Å²) in [4.78, 5) is 0. The Bertz CT molecular complexity index is 1160. The molecule has 1 atom stereocenters. The van der Waals surface area contributed by atoms with E-state index >= 15 is 0 Å². The summed E-state index contributed by atoms with van der Waals surface area (Å²) in [6.07, 6.45) is 5.91. The number of hydrogen-bond donors (Lipinski definition) is 4. The van der Waals surface area contributed by atoms with Crippen LogP contribution in [0.3, 0.4) is 0 Å². The number of phenols is 1. The standard InChI is InChI=1S/C32H44NO6P.CH4O/c1-2-3-22-39-40(36,23-7-11-27-9-5-4-6-10-27)26-38-30-14-12-28(13-15-30)18-20-33-19-8-21-37-31-16-17-32(35)29(24-31)25-34;1-2/h4-6,9-10,12-17,24,33-35H,2-3,7-8,11,18-23,25-26H2,1H3;2H,1H3. The van der Waals surface area contributed by atoms with E-state index in [-0.39, 0.29) is 18.7 Å². The molecule has 0 saturated carbocycles. The molecule has 0 aliphatic rings. The number of unbranched alkanes of at least 4 members (excludes halogenated alkanes) is 1. The summed E-state index contributed by atoms with van der Waals surface area (Å²) in [5, 5.41) is 29.3. The minimum Gasteiger partial charge on any atom is -0.508 e. The lowest BCUT2D eigenvalue weighted by Gasteiger charge is -2.19. The Morgan fingerprint density at radius 1 is 0.786 bits per heavy atom. The van der Waals surface area contributed by atoms with Gasteiger partial charge in [-0.2, -0.15) is 0 Å². The topological polar surface area (TPSA) is 117 Å². The van der Waals surface area contributed by atoms with Gasteiger partial charge in [0.15, 0.2) is 6.35 Å². The van der Waals surface area contributed by atoms with Crippen molar-refractivity contribution in [2.75, 3.05) is 45.9 Å². The van der Waals surface area contributed by atoms with E-state index in [2.05, 4.69) is 24.4 Å². The van der Waals surface area contributed by atoms with Gasteiger partial charge < -0.3 is 34.6 Å². The number of rotatable bonds is 20. The molecular weight excluding hydrogens is 553 g/mol. The highest BCUT2D eigenvalue weighted by Crippen LogP contribution is 2.48. The van der Waals surface area contributed by atoms with Crippen molar-refractivity contribution in [2.45, 2.75) is 52.1 Å². The fourth-order valence-electron chi connectivity index (χ4n) is 4.16. The van der Waals surface area contributed by atoms with E-state index < -0.39 is 7.37 Å². The number of aryl methyl sites for hydroxylation is 1. The minimum absolute atomic E-state index is 0.0714. The van der Waals surface area contributed by atoms with Crippen LogP contribution in [0, 0.1) is 0 Å². The molecule has 4 N–H and O–H groups in total. The molecule has 0 saturated heterocycles. The fraction of sp³-hybridized carbons (Fsp3) is 0.455. The molecule has 3 aromatic rings. The highest BCUT2D eigenvalue weighted by molar-refractivity contribution is 7.58. The lowest BCUT2D eigenvalue weighted by atomic mass is 10.1. The SMILES string of the molecule is CCCCOP(=O)(CCCc1ccccc1)COc1ccc(CCNCCCOc2ccc(O)c(CO)c2)cc1.CO. The third kappa shape index (κ3) is 13.9. The zero-order chi connectivity index (χ0) is 30.5. The van der Waals surface area contributed by atoms with Crippen molar-refractivity contribution in [3.8, 4) is 17.2 Å². The van der Waals surface area contributed by atoms with Crippen LogP contribution in [0.2, 0.25) is 0 Å². The molecule has 0 radical (unpaired) electrons. The molecule has 0 amide bonds. The lowest BCUT2D eigenvalue weighted by molar-refractivity contribution is 0.272. The zero-order valence-electron chi connectivity index (χ0n) is 25.0. The van der Waals surface area contributed by atoms with Gasteiger partial charge in [0.05, 0.1) is 19.8 Å². The van der Waals surface area contributed by atoms with E-state index in [1.807, 2.05) is 42.5 Å². The number of nitrogens with one attached hydrogen (secondary N) is 1. The molecule has 3 aromatic carbocycles. The van der Waals surface area contributed by atoms with Gasteiger partial charge in [-0.1, -0.05) is 55.8 Å². The average molecular weight is 602 g/mol. The Labute approximate surface area is 251 Å². The number of ether oxygens (including phenoxy) is 2. The molecule has 9 heteroatoms. The van der Waals surface area contributed by atoms with Crippen molar-refractivity contribution >= 4 is 7.37 Å². The number of aromatic hydroxyl groups is 1.